The third-order valence-corrected chi connectivity index (χ3v) is 8.47. The summed E-state index contributed by atoms with van der Waals surface area (Å²) >= 11 is 1.65. The first kappa shape index (κ1) is 31.0. The number of nitrogens with one attached hydrogen (secondary N) is 1. The maximum absolute atomic E-state index is 12.6. The van der Waals surface area contributed by atoms with Gasteiger partial charge in [-0.2, -0.15) is 0 Å². The molecule has 2 unspecified atom stereocenters. The summed E-state index contributed by atoms with van der Waals surface area (Å²) in [4.78, 5) is 12.6. The second-order valence-corrected chi connectivity index (χ2v) is 11.7. The van der Waals surface area contributed by atoms with Crippen LogP contribution < -0.4 is 5.32 Å². The number of thioether (sulfide) groups is 1. The van der Waals surface area contributed by atoms with Crippen LogP contribution in [0.5, 0.6) is 0 Å². The molecule has 1 aliphatic heterocycles. The van der Waals surface area contributed by atoms with Crippen LogP contribution in [0.1, 0.15) is 29.2 Å². The van der Waals surface area contributed by atoms with Gasteiger partial charge in [0.15, 0.2) is 0 Å². The summed E-state index contributed by atoms with van der Waals surface area (Å²) < 4.78 is 26.3. The van der Waals surface area contributed by atoms with Crippen molar-refractivity contribution in [3.05, 3.63) is 144 Å². The Labute approximate surface area is 258 Å². The van der Waals surface area contributed by atoms with Crippen LogP contribution in [0.4, 0.5) is 0 Å². The van der Waals surface area contributed by atoms with E-state index in [4.69, 9.17) is 18.9 Å². The number of carbonyl (C=O) groups excluding carboxylic acids is 1. The third-order valence-electron chi connectivity index (χ3n) is 7.24. The summed E-state index contributed by atoms with van der Waals surface area (Å²) in [6.45, 7) is 3.06. The standard InChI is InChI=1S/C36H39NO5S/c1-27(38)37-33-35(41-24-30-18-10-4-11-19-30)34(40-23-29-16-8-3-9-17-29)32(25-39-22-28-14-6-2-7-15-28)42-36(33)43-26-31-20-12-5-13-21-31/h2-21,32-36H,22-26H2,1H3,(H,37,38)/t32?,33?,34-,35+,36+/m1/s1. The van der Waals surface area contributed by atoms with E-state index in [9.17, 15) is 4.79 Å². The zero-order valence-corrected chi connectivity index (χ0v) is 25.2. The minimum absolute atomic E-state index is 0.146. The normalized spacial score (nSPS) is 21.7. The number of hydrogen-bond acceptors (Lipinski definition) is 6. The Bertz CT molecular complexity index is 1360. The number of amides is 1. The fraction of sp³-hybridized carbons (Fsp3) is 0.306. The molecule has 1 saturated heterocycles. The molecule has 0 bridgehead atoms. The number of ether oxygens (including phenoxy) is 4. The number of hydrogen-bond donors (Lipinski definition) is 1. The molecule has 7 heteroatoms. The molecule has 1 N–H and O–H groups in total. The molecule has 5 rings (SSSR count). The van der Waals surface area contributed by atoms with E-state index in [0.29, 0.717) is 26.4 Å². The van der Waals surface area contributed by atoms with E-state index >= 15 is 0 Å². The van der Waals surface area contributed by atoms with Crippen molar-refractivity contribution in [3.8, 4) is 0 Å². The summed E-state index contributed by atoms with van der Waals surface area (Å²) in [7, 11) is 0. The minimum atomic E-state index is -0.495. The first-order chi connectivity index (χ1) is 21.2. The van der Waals surface area contributed by atoms with Gasteiger partial charge in [0.2, 0.25) is 5.91 Å². The predicted octanol–water partition coefficient (Wildman–Crippen LogP) is 6.54. The van der Waals surface area contributed by atoms with Gasteiger partial charge in [-0.15, -0.1) is 11.8 Å². The van der Waals surface area contributed by atoms with Crippen LogP contribution in [0.15, 0.2) is 121 Å². The van der Waals surface area contributed by atoms with Gasteiger partial charge in [-0.3, -0.25) is 4.79 Å². The quantitative estimate of drug-likeness (QED) is 0.178. The van der Waals surface area contributed by atoms with E-state index in [0.717, 1.165) is 22.4 Å². The SMILES string of the molecule is CC(=O)NC1[C@H](SCc2ccccc2)OC(COCc2ccccc2)[C@@H](OCc2ccccc2)[C@H]1OCc1ccccc1. The summed E-state index contributed by atoms with van der Waals surface area (Å²) in [5.74, 6) is 0.577. The lowest BCUT2D eigenvalue weighted by Gasteiger charge is -2.46. The average molecular weight is 598 g/mol. The van der Waals surface area contributed by atoms with Crippen LogP contribution in [-0.2, 0) is 49.3 Å². The summed E-state index contributed by atoms with van der Waals surface area (Å²) in [5, 5.41) is 3.15. The molecular formula is C36H39NO5S. The Balaban J connectivity index is 1.41. The topological polar surface area (TPSA) is 66.0 Å². The van der Waals surface area contributed by atoms with Crippen molar-refractivity contribution in [1.29, 1.82) is 0 Å². The van der Waals surface area contributed by atoms with Crippen LogP contribution in [0, 0.1) is 0 Å². The van der Waals surface area contributed by atoms with Gasteiger partial charge >= 0.3 is 0 Å². The predicted molar refractivity (Wildman–Crippen MR) is 170 cm³/mol. The molecule has 5 atom stereocenters. The van der Waals surface area contributed by atoms with Crippen molar-refractivity contribution in [2.45, 2.75) is 62.3 Å². The number of rotatable bonds is 14. The lowest BCUT2D eigenvalue weighted by atomic mass is 9.97. The highest BCUT2D eigenvalue weighted by atomic mass is 32.2. The molecule has 43 heavy (non-hydrogen) atoms. The van der Waals surface area contributed by atoms with Gasteiger partial charge in [0, 0.05) is 12.7 Å². The molecule has 4 aromatic rings. The second-order valence-electron chi connectivity index (χ2n) is 10.6. The molecule has 1 heterocycles. The molecule has 0 saturated carbocycles. The Morgan fingerprint density at radius 2 is 1.14 bits per heavy atom. The smallest absolute Gasteiger partial charge is 0.217 e. The van der Waals surface area contributed by atoms with E-state index in [1.807, 2.05) is 109 Å². The maximum atomic E-state index is 12.6. The molecule has 0 aromatic heterocycles. The van der Waals surface area contributed by atoms with Gasteiger partial charge in [-0.25, -0.2) is 0 Å². The summed E-state index contributed by atoms with van der Waals surface area (Å²) in [6.07, 6.45) is -1.41. The van der Waals surface area contributed by atoms with Crippen molar-refractivity contribution >= 4 is 17.7 Å². The second kappa shape index (κ2) is 16.4. The molecular weight excluding hydrogens is 558 g/mol. The Hall–Kier alpha value is -3.46. The van der Waals surface area contributed by atoms with E-state index in [1.54, 1.807) is 11.8 Å². The zero-order valence-electron chi connectivity index (χ0n) is 24.4. The van der Waals surface area contributed by atoms with E-state index in [2.05, 4.69) is 17.4 Å². The molecule has 224 valence electrons. The molecule has 6 nitrogen and oxygen atoms in total. The van der Waals surface area contributed by atoms with Crippen LogP contribution in [0.3, 0.4) is 0 Å². The van der Waals surface area contributed by atoms with Crippen LogP contribution >= 0.6 is 11.8 Å². The first-order valence-electron chi connectivity index (χ1n) is 14.7. The maximum Gasteiger partial charge on any atom is 0.217 e. The van der Waals surface area contributed by atoms with E-state index < -0.39 is 24.4 Å². The Kier molecular flexibility index (Phi) is 11.8. The highest BCUT2D eigenvalue weighted by Gasteiger charge is 2.48. The monoisotopic (exact) mass is 597 g/mol. The largest absolute Gasteiger partial charge is 0.374 e. The van der Waals surface area contributed by atoms with Gasteiger partial charge in [0.1, 0.15) is 23.7 Å². The van der Waals surface area contributed by atoms with Gasteiger partial charge in [0.05, 0.1) is 32.5 Å². The van der Waals surface area contributed by atoms with Crippen LogP contribution in [-0.4, -0.2) is 42.3 Å². The summed E-state index contributed by atoms with van der Waals surface area (Å²) in [5.41, 5.74) is 3.97. The van der Waals surface area contributed by atoms with E-state index in [-0.39, 0.29) is 11.3 Å². The molecule has 0 radical (unpaired) electrons. The van der Waals surface area contributed by atoms with Crippen LogP contribution in [0.25, 0.3) is 0 Å². The third kappa shape index (κ3) is 9.51. The van der Waals surface area contributed by atoms with Crippen molar-refractivity contribution in [3.63, 3.8) is 0 Å². The van der Waals surface area contributed by atoms with Gasteiger partial charge in [-0.1, -0.05) is 121 Å². The van der Waals surface area contributed by atoms with Crippen molar-refractivity contribution < 1.29 is 23.7 Å². The van der Waals surface area contributed by atoms with E-state index in [1.165, 1.54) is 12.5 Å². The first-order valence-corrected chi connectivity index (χ1v) is 15.7. The highest BCUT2D eigenvalue weighted by Crippen LogP contribution is 2.34. The Morgan fingerprint density at radius 1 is 0.674 bits per heavy atom. The molecule has 0 spiro atoms. The van der Waals surface area contributed by atoms with Crippen molar-refractivity contribution in [2.75, 3.05) is 6.61 Å². The minimum Gasteiger partial charge on any atom is -0.374 e. The molecule has 1 amide bonds. The summed E-state index contributed by atoms with van der Waals surface area (Å²) in [6, 6.07) is 40.0. The van der Waals surface area contributed by atoms with Gasteiger partial charge in [-0.05, 0) is 22.3 Å². The van der Waals surface area contributed by atoms with Crippen LogP contribution in [0.2, 0.25) is 0 Å². The number of benzene rings is 4. The molecule has 4 aromatic carbocycles. The van der Waals surface area contributed by atoms with Crippen molar-refractivity contribution in [1.82, 2.24) is 5.32 Å². The van der Waals surface area contributed by atoms with Crippen molar-refractivity contribution in [2.24, 2.45) is 0 Å². The molecule has 1 fully saturated rings. The highest BCUT2D eigenvalue weighted by molar-refractivity contribution is 7.99. The molecule has 1 aliphatic rings. The van der Waals surface area contributed by atoms with Gasteiger partial charge < -0.3 is 24.3 Å². The number of carbonyl (C=O) groups is 1. The van der Waals surface area contributed by atoms with Gasteiger partial charge in [0.25, 0.3) is 0 Å². The zero-order chi connectivity index (χ0) is 29.7. The average Bonchev–Trinajstić information content (AvgIpc) is 3.05. The lowest BCUT2D eigenvalue weighted by molar-refractivity contribution is -0.216. The fourth-order valence-electron chi connectivity index (χ4n) is 5.12. The Morgan fingerprint density at radius 3 is 1.65 bits per heavy atom. The fourth-order valence-corrected chi connectivity index (χ4v) is 6.32. The lowest BCUT2D eigenvalue weighted by Crippen LogP contribution is -2.64. The molecule has 0 aliphatic carbocycles.